The number of anilines is 1. The minimum Gasteiger partial charge on any atom is -0.370 e. The molecular weight excluding hydrogens is 328 g/mol. The summed E-state index contributed by atoms with van der Waals surface area (Å²) in [4.78, 5) is 30.7. The van der Waals surface area contributed by atoms with E-state index >= 15 is 0 Å². The highest BCUT2D eigenvalue weighted by atomic mass is 16.2. The molecule has 2 aliphatic rings. The van der Waals surface area contributed by atoms with Gasteiger partial charge in [-0.15, -0.1) is 0 Å². The Labute approximate surface area is 155 Å². The van der Waals surface area contributed by atoms with E-state index in [0.29, 0.717) is 12.5 Å². The molecule has 0 spiro atoms. The van der Waals surface area contributed by atoms with Gasteiger partial charge >= 0.3 is 11.8 Å². The maximum Gasteiger partial charge on any atom is 0.309 e. The summed E-state index contributed by atoms with van der Waals surface area (Å²) in [5, 5.41) is 5.74. The lowest BCUT2D eigenvalue weighted by molar-refractivity contribution is -0.139. The van der Waals surface area contributed by atoms with Crippen LogP contribution in [0.1, 0.15) is 51.4 Å². The summed E-state index contributed by atoms with van der Waals surface area (Å²) in [5.41, 5.74) is 1.15. The molecular formula is C20H30N4O2. The molecule has 1 aliphatic heterocycles. The van der Waals surface area contributed by atoms with Gasteiger partial charge in [0.05, 0.1) is 11.9 Å². The van der Waals surface area contributed by atoms with Crippen LogP contribution in [0.4, 0.5) is 5.69 Å². The Hall–Kier alpha value is -2.11. The van der Waals surface area contributed by atoms with Gasteiger partial charge in [-0.05, 0) is 43.7 Å². The molecule has 1 saturated heterocycles. The number of nitrogens with zero attached hydrogens (tertiary/aromatic N) is 2. The van der Waals surface area contributed by atoms with E-state index in [4.69, 9.17) is 0 Å². The second-order valence-electron chi connectivity index (χ2n) is 7.51. The number of nitrogens with one attached hydrogen (secondary N) is 2. The molecule has 2 heterocycles. The Morgan fingerprint density at radius 3 is 2.42 bits per heavy atom. The number of piperidine rings is 1. The summed E-state index contributed by atoms with van der Waals surface area (Å²) >= 11 is 0. The van der Waals surface area contributed by atoms with E-state index in [1.165, 1.54) is 12.8 Å². The molecule has 1 aliphatic carbocycles. The number of pyridine rings is 1. The van der Waals surface area contributed by atoms with Gasteiger partial charge in [0.15, 0.2) is 0 Å². The third-order valence-electron chi connectivity index (χ3n) is 5.57. The van der Waals surface area contributed by atoms with Crippen LogP contribution in [0.5, 0.6) is 0 Å². The smallest absolute Gasteiger partial charge is 0.309 e. The van der Waals surface area contributed by atoms with Gasteiger partial charge in [-0.2, -0.15) is 0 Å². The monoisotopic (exact) mass is 358 g/mol. The molecule has 2 fully saturated rings. The fourth-order valence-electron chi connectivity index (χ4n) is 3.93. The van der Waals surface area contributed by atoms with Crippen LogP contribution in [-0.2, 0) is 9.59 Å². The first-order valence-corrected chi connectivity index (χ1v) is 9.96. The van der Waals surface area contributed by atoms with E-state index in [2.05, 4.69) is 26.6 Å². The lowest BCUT2D eigenvalue weighted by atomic mass is 9.96. The average molecular weight is 358 g/mol. The highest BCUT2D eigenvalue weighted by Crippen LogP contribution is 2.22. The first-order chi connectivity index (χ1) is 12.7. The minimum atomic E-state index is -0.482. The van der Waals surface area contributed by atoms with Gasteiger partial charge in [0.1, 0.15) is 0 Å². The molecule has 6 nitrogen and oxygen atoms in total. The zero-order valence-corrected chi connectivity index (χ0v) is 15.5. The predicted octanol–water partition coefficient (Wildman–Crippen LogP) is 2.25. The number of carbonyl (C=O) groups is 2. The maximum absolute atomic E-state index is 12.1. The van der Waals surface area contributed by atoms with Gasteiger partial charge in [0.25, 0.3) is 0 Å². The van der Waals surface area contributed by atoms with E-state index < -0.39 is 11.8 Å². The molecule has 0 atom stereocenters. The molecule has 0 radical (unpaired) electrons. The Bertz CT molecular complexity index is 577. The van der Waals surface area contributed by atoms with Crippen molar-refractivity contribution in [2.45, 2.75) is 57.4 Å². The highest BCUT2D eigenvalue weighted by Gasteiger charge is 2.23. The average Bonchev–Trinajstić information content (AvgIpc) is 2.96. The van der Waals surface area contributed by atoms with Gasteiger partial charge in [-0.25, -0.2) is 0 Å². The number of aromatic nitrogens is 1. The third-order valence-corrected chi connectivity index (χ3v) is 5.57. The predicted molar refractivity (Wildman–Crippen MR) is 102 cm³/mol. The molecule has 3 rings (SSSR count). The van der Waals surface area contributed by atoms with Gasteiger partial charge in [0, 0.05) is 31.9 Å². The van der Waals surface area contributed by atoms with E-state index in [-0.39, 0.29) is 6.04 Å². The van der Waals surface area contributed by atoms with Crippen LogP contribution >= 0.6 is 0 Å². The van der Waals surface area contributed by atoms with Crippen molar-refractivity contribution < 1.29 is 9.59 Å². The van der Waals surface area contributed by atoms with Crippen molar-refractivity contribution in [2.75, 3.05) is 24.5 Å². The van der Waals surface area contributed by atoms with Crippen LogP contribution in [0.25, 0.3) is 0 Å². The third kappa shape index (κ3) is 5.44. The van der Waals surface area contributed by atoms with E-state index in [0.717, 1.165) is 57.3 Å². The fourth-order valence-corrected chi connectivity index (χ4v) is 3.93. The van der Waals surface area contributed by atoms with Gasteiger partial charge in [0.2, 0.25) is 0 Å². The Morgan fingerprint density at radius 2 is 1.77 bits per heavy atom. The van der Waals surface area contributed by atoms with Crippen LogP contribution in [0.2, 0.25) is 0 Å². The van der Waals surface area contributed by atoms with Gasteiger partial charge < -0.3 is 15.5 Å². The SMILES string of the molecule is O=C(NCC1CCN(c2cccnc2)CC1)C(=O)NC1CCCCCC1. The second kappa shape index (κ2) is 9.55. The van der Waals surface area contributed by atoms with Crippen LogP contribution in [0.15, 0.2) is 24.5 Å². The summed E-state index contributed by atoms with van der Waals surface area (Å²) in [6, 6.07) is 4.19. The molecule has 26 heavy (non-hydrogen) atoms. The normalized spacial score (nSPS) is 19.6. The van der Waals surface area contributed by atoms with Crippen LogP contribution in [0, 0.1) is 5.92 Å². The lowest BCUT2D eigenvalue weighted by Gasteiger charge is -2.33. The topological polar surface area (TPSA) is 74.3 Å². The lowest BCUT2D eigenvalue weighted by Crippen LogP contribution is -2.46. The van der Waals surface area contributed by atoms with Crippen molar-refractivity contribution in [3.63, 3.8) is 0 Å². The Morgan fingerprint density at radius 1 is 1.04 bits per heavy atom. The number of carbonyl (C=O) groups excluding carboxylic acids is 2. The number of rotatable bonds is 4. The molecule has 0 aromatic carbocycles. The van der Waals surface area contributed by atoms with Crippen molar-refractivity contribution in [2.24, 2.45) is 5.92 Å². The van der Waals surface area contributed by atoms with Crippen molar-refractivity contribution in [3.8, 4) is 0 Å². The summed E-state index contributed by atoms with van der Waals surface area (Å²) in [5.74, 6) is -0.522. The first kappa shape index (κ1) is 18.7. The van der Waals surface area contributed by atoms with Crippen LogP contribution in [0.3, 0.4) is 0 Å². The van der Waals surface area contributed by atoms with Crippen LogP contribution < -0.4 is 15.5 Å². The summed E-state index contributed by atoms with van der Waals surface area (Å²) in [6.07, 6.45) is 12.4. The van der Waals surface area contributed by atoms with E-state index in [9.17, 15) is 9.59 Å². The first-order valence-electron chi connectivity index (χ1n) is 9.96. The largest absolute Gasteiger partial charge is 0.370 e. The Kier molecular flexibility index (Phi) is 6.86. The molecule has 1 aromatic heterocycles. The van der Waals surface area contributed by atoms with E-state index in [1.807, 2.05) is 12.3 Å². The second-order valence-corrected chi connectivity index (χ2v) is 7.51. The van der Waals surface area contributed by atoms with Crippen LogP contribution in [-0.4, -0.2) is 42.5 Å². The van der Waals surface area contributed by atoms with Crippen molar-refractivity contribution >= 4 is 17.5 Å². The molecule has 2 N–H and O–H groups in total. The van der Waals surface area contributed by atoms with Crippen molar-refractivity contribution in [3.05, 3.63) is 24.5 Å². The quantitative estimate of drug-likeness (QED) is 0.639. The zero-order valence-electron chi connectivity index (χ0n) is 15.5. The number of hydrogen-bond acceptors (Lipinski definition) is 4. The standard InChI is InChI=1S/C20H30N4O2/c25-19(20(26)23-17-6-3-1-2-4-7-17)22-14-16-9-12-24(13-10-16)18-8-5-11-21-15-18/h5,8,11,15-17H,1-4,6-7,9-10,12-14H2,(H,22,25)(H,23,26). The summed E-state index contributed by atoms with van der Waals surface area (Å²) in [7, 11) is 0. The van der Waals surface area contributed by atoms with E-state index in [1.54, 1.807) is 6.20 Å². The molecule has 0 bridgehead atoms. The highest BCUT2D eigenvalue weighted by molar-refractivity contribution is 6.35. The Balaban J connectivity index is 1.36. The van der Waals surface area contributed by atoms with Crippen molar-refractivity contribution in [1.29, 1.82) is 0 Å². The van der Waals surface area contributed by atoms with Gasteiger partial charge in [-0.1, -0.05) is 25.7 Å². The number of amides is 2. The van der Waals surface area contributed by atoms with Crippen molar-refractivity contribution in [1.82, 2.24) is 15.6 Å². The minimum absolute atomic E-state index is 0.165. The molecule has 6 heteroatoms. The fraction of sp³-hybridized carbons (Fsp3) is 0.650. The zero-order chi connectivity index (χ0) is 18.2. The summed E-state index contributed by atoms with van der Waals surface area (Å²) in [6.45, 7) is 2.50. The van der Waals surface area contributed by atoms with Gasteiger partial charge in [-0.3, -0.25) is 14.6 Å². The summed E-state index contributed by atoms with van der Waals surface area (Å²) < 4.78 is 0. The molecule has 1 aromatic rings. The molecule has 0 unspecified atom stereocenters. The molecule has 1 saturated carbocycles. The maximum atomic E-state index is 12.1. The molecule has 2 amide bonds. The molecule has 142 valence electrons. The number of hydrogen-bond donors (Lipinski definition) is 2.